The molecule has 0 radical (unpaired) electrons. The van der Waals surface area contributed by atoms with Crippen LogP contribution >= 0.6 is 0 Å². The molecule has 4 fully saturated rings. The molecule has 2 saturated heterocycles. The van der Waals surface area contributed by atoms with Crippen LogP contribution in [-0.4, -0.2) is 98.8 Å². The van der Waals surface area contributed by atoms with Crippen LogP contribution in [0.25, 0.3) is 0 Å². The smallest absolute Gasteiger partial charge is 0.401 e. The molecule has 0 spiro atoms. The Bertz CT molecular complexity index is 1650. The number of aromatic carboxylic acids is 1. The minimum atomic E-state index is -4.16. The van der Waals surface area contributed by atoms with Crippen LogP contribution in [-0.2, 0) is 4.74 Å². The summed E-state index contributed by atoms with van der Waals surface area (Å²) in [4.78, 5) is 25.0. The molecule has 4 atom stereocenters. The van der Waals surface area contributed by atoms with E-state index in [1.54, 1.807) is 0 Å². The van der Waals surface area contributed by atoms with Gasteiger partial charge in [-0.3, -0.25) is 9.80 Å². The first-order valence-corrected chi connectivity index (χ1v) is 18.9. The van der Waals surface area contributed by atoms with Gasteiger partial charge in [0.05, 0.1) is 33.4 Å². The van der Waals surface area contributed by atoms with Crippen molar-refractivity contribution in [3.63, 3.8) is 0 Å². The molecule has 0 amide bonds. The summed E-state index contributed by atoms with van der Waals surface area (Å²) in [6.07, 6.45) is -1.85. The summed E-state index contributed by atoms with van der Waals surface area (Å²) in [5, 5.41) is 8.74. The number of alkyl halides is 6. The molecule has 2 aliphatic heterocycles. The maximum absolute atomic E-state index is 13.9. The molecule has 18 heteroatoms. The largest absolute Gasteiger partial charge is 0.493 e. The van der Waals surface area contributed by atoms with E-state index in [4.69, 9.17) is 14.6 Å². The number of esters is 1. The fourth-order valence-corrected chi connectivity index (χ4v) is 8.37. The van der Waals surface area contributed by atoms with E-state index in [0.717, 1.165) is 76.3 Å². The first-order chi connectivity index (χ1) is 26.8. The SMILES string of the molecule is COC(=O)c1c(F)cc(OCC[C@@H]2C[C@@H]2C2CCN(CC(F)(F)F)CC2)cc1F.O=C(O)c1c(F)cc(OCC[C@@H]2C[C@@H]2C2CCN(CC(F)(F)F)CC2)cc1F. The molecule has 6 rings (SSSR count). The standard InChI is InChI=1S/C20H24F5NO3.C19H22F5NO3/c1-28-19(27)18-16(21)9-14(10-17(18)22)29-7-4-13-8-15(13)12-2-5-26(6-3-12)11-20(23,24)25;20-15-8-13(9-16(21)17(15)18(26)27)28-6-3-12-7-14(12)11-1-4-25(5-2-11)10-19(22,23)24/h9-10,12-13,15H,2-8,11H2,1H3;8-9,11-12,14H,1-7,10H2,(H,26,27)/t13-,15-;12-,14-/m11/s1. The van der Waals surface area contributed by atoms with Crippen LogP contribution in [0.5, 0.6) is 11.5 Å². The van der Waals surface area contributed by atoms with E-state index >= 15 is 0 Å². The Hall–Kier alpha value is -3.80. The Kier molecular flexibility index (Phi) is 14.7. The summed E-state index contributed by atoms with van der Waals surface area (Å²) in [5.74, 6) is -4.62. The lowest BCUT2D eigenvalue weighted by Gasteiger charge is -2.32. The number of likely N-dealkylation sites (tertiary alicyclic amines) is 2. The summed E-state index contributed by atoms with van der Waals surface area (Å²) in [5.41, 5.74) is -1.76. The van der Waals surface area contributed by atoms with Crippen LogP contribution in [0.15, 0.2) is 24.3 Å². The Labute approximate surface area is 323 Å². The van der Waals surface area contributed by atoms with Gasteiger partial charge in [-0.15, -0.1) is 0 Å². The fraction of sp³-hybridized carbons (Fsp3) is 0.641. The minimum absolute atomic E-state index is 0.00492. The van der Waals surface area contributed by atoms with Crippen molar-refractivity contribution in [1.82, 2.24) is 9.80 Å². The van der Waals surface area contributed by atoms with E-state index < -0.39 is 71.8 Å². The predicted molar refractivity (Wildman–Crippen MR) is 185 cm³/mol. The van der Waals surface area contributed by atoms with Crippen LogP contribution in [0.2, 0.25) is 0 Å². The van der Waals surface area contributed by atoms with Crippen molar-refractivity contribution < 1.29 is 72.8 Å². The van der Waals surface area contributed by atoms with Crippen molar-refractivity contribution in [3.05, 3.63) is 58.7 Å². The molecular weight excluding hydrogens is 782 g/mol. The van der Waals surface area contributed by atoms with E-state index in [1.807, 2.05) is 0 Å². The number of piperidine rings is 2. The zero-order valence-corrected chi connectivity index (χ0v) is 31.2. The van der Waals surface area contributed by atoms with Gasteiger partial charge in [0.25, 0.3) is 0 Å². The number of rotatable bonds is 14. The maximum atomic E-state index is 13.9. The molecule has 4 aliphatic rings. The van der Waals surface area contributed by atoms with E-state index in [0.29, 0.717) is 68.1 Å². The number of carboxylic acids is 1. The molecular formula is C39H46F10N2O6. The number of methoxy groups -OCH3 is 1. The van der Waals surface area contributed by atoms with Gasteiger partial charge in [-0.1, -0.05) is 0 Å². The highest BCUT2D eigenvalue weighted by Gasteiger charge is 2.45. The second-order valence-electron chi connectivity index (χ2n) is 15.4. The van der Waals surface area contributed by atoms with Crippen molar-refractivity contribution >= 4 is 11.9 Å². The Morgan fingerprint density at radius 2 is 1.00 bits per heavy atom. The number of benzene rings is 2. The van der Waals surface area contributed by atoms with Crippen LogP contribution in [0.4, 0.5) is 43.9 Å². The minimum Gasteiger partial charge on any atom is -0.493 e. The number of hydrogen-bond acceptors (Lipinski definition) is 7. The Balaban J connectivity index is 0.000000218. The van der Waals surface area contributed by atoms with E-state index in [2.05, 4.69) is 4.74 Å². The van der Waals surface area contributed by atoms with Gasteiger partial charge in [-0.05, 0) is 113 Å². The van der Waals surface area contributed by atoms with Gasteiger partial charge in [-0.25, -0.2) is 27.2 Å². The van der Waals surface area contributed by atoms with Gasteiger partial charge in [0.2, 0.25) is 0 Å². The first-order valence-electron chi connectivity index (χ1n) is 18.9. The number of nitrogens with zero attached hydrogens (tertiary/aromatic N) is 2. The van der Waals surface area contributed by atoms with E-state index in [9.17, 15) is 53.5 Å². The summed E-state index contributed by atoms with van der Waals surface area (Å²) in [6.45, 7) is 0.684. The van der Waals surface area contributed by atoms with Crippen molar-refractivity contribution in [2.75, 3.05) is 59.6 Å². The van der Waals surface area contributed by atoms with Gasteiger partial charge in [-0.2, -0.15) is 26.3 Å². The van der Waals surface area contributed by atoms with Crippen LogP contribution in [0.3, 0.4) is 0 Å². The number of carbonyl (C=O) groups is 2. The van der Waals surface area contributed by atoms with E-state index in [-0.39, 0.29) is 24.7 Å². The van der Waals surface area contributed by atoms with Gasteiger partial charge < -0.3 is 19.3 Å². The molecule has 2 heterocycles. The molecule has 1 N–H and O–H groups in total. The molecule has 2 saturated carbocycles. The van der Waals surface area contributed by atoms with Gasteiger partial charge in [0, 0.05) is 24.3 Å². The highest BCUT2D eigenvalue weighted by atomic mass is 19.4. The lowest BCUT2D eigenvalue weighted by atomic mass is 9.90. The highest BCUT2D eigenvalue weighted by molar-refractivity contribution is 5.90. The molecule has 8 nitrogen and oxygen atoms in total. The molecule has 0 aromatic heterocycles. The van der Waals surface area contributed by atoms with Crippen LogP contribution in [0, 0.1) is 58.8 Å². The van der Waals surface area contributed by atoms with Crippen molar-refractivity contribution in [2.45, 2.75) is 63.7 Å². The van der Waals surface area contributed by atoms with Gasteiger partial charge >= 0.3 is 24.3 Å². The quantitative estimate of drug-likeness (QED) is 0.150. The zero-order chi connectivity index (χ0) is 41.7. The third kappa shape index (κ3) is 13.1. The zero-order valence-electron chi connectivity index (χ0n) is 31.2. The lowest BCUT2D eigenvalue weighted by Crippen LogP contribution is -2.40. The molecule has 2 aromatic carbocycles. The average molecular weight is 829 g/mol. The molecule has 0 bridgehead atoms. The molecule has 57 heavy (non-hydrogen) atoms. The summed E-state index contributed by atoms with van der Waals surface area (Å²) in [7, 11) is 1.04. The summed E-state index contributed by atoms with van der Waals surface area (Å²) >= 11 is 0. The third-order valence-electron chi connectivity index (χ3n) is 11.4. The van der Waals surface area contributed by atoms with Crippen molar-refractivity contribution in [3.8, 4) is 11.5 Å². The molecule has 0 unspecified atom stereocenters. The number of carboxylic acid groups (broad SMARTS) is 1. The number of hydrogen-bond donors (Lipinski definition) is 1. The fourth-order valence-electron chi connectivity index (χ4n) is 8.37. The number of halogens is 10. The van der Waals surface area contributed by atoms with Crippen molar-refractivity contribution in [2.24, 2.45) is 35.5 Å². The second kappa shape index (κ2) is 18.9. The number of carbonyl (C=O) groups excluding carboxylic acids is 1. The first kappa shape index (κ1) is 44.3. The lowest BCUT2D eigenvalue weighted by molar-refractivity contribution is -0.149. The molecule has 2 aromatic rings. The van der Waals surface area contributed by atoms with Crippen molar-refractivity contribution in [1.29, 1.82) is 0 Å². The highest BCUT2D eigenvalue weighted by Crippen LogP contribution is 2.51. The molecule has 318 valence electrons. The molecule has 2 aliphatic carbocycles. The van der Waals surface area contributed by atoms with Gasteiger partial charge in [0.1, 0.15) is 45.9 Å². The second-order valence-corrected chi connectivity index (χ2v) is 15.4. The van der Waals surface area contributed by atoms with Crippen LogP contribution in [0.1, 0.15) is 72.1 Å². The number of ether oxygens (including phenoxy) is 3. The summed E-state index contributed by atoms with van der Waals surface area (Å²) < 4.78 is 145. The average Bonchev–Trinajstić information content (AvgIpc) is 4.04. The van der Waals surface area contributed by atoms with E-state index in [1.165, 1.54) is 9.80 Å². The predicted octanol–water partition coefficient (Wildman–Crippen LogP) is 8.77. The van der Waals surface area contributed by atoms with Gasteiger partial charge in [0.15, 0.2) is 0 Å². The Morgan fingerprint density at radius 1 is 0.649 bits per heavy atom. The monoisotopic (exact) mass is 828 g/mol. The Morgan fingerprint density at radius 3 is 1.32 bits per heavy atom. The maximum Gasteiger partial charge on any atom is 0.401 e. The summed E-state index contributed by atoms with van der Waals surface area (Å²) in [6, 6.07) is 3.62. The normalized spacial score (nSPS) is 23.4. The van der Waals surface area contributed by atoms with Crippen LogP contribution < -0.4 is 9.47 Å². The topological polar surface area (TPSA) is 88.5 Å². The third-order valence-corrected chi connectivity index (χ3v) is 11.4.